The van der Waals surface area contributed by atoms with Crippen LogP contribution in [-0.2, 0) is 0 Å². The number of hydrogen-bond donors (Lipinski definition) is 2. The van der Waals surface area contributed by atoms with Crippen molar-refractivity contribution in [2.45, 2.75) is 19.0 Å². The van der Waals surface area contributed by atoms with Crippen LogP contribution in [0.4, 0.5) is 11.4 Å². The second-order valence-corrected chi connectivity index (χ2v) is 9.33. The molecule has 2 atom stereocenters. The number of thiocarbonyl (C=S) groups is 1. The van der Waals surface area contributed by atoms with E-state index in [9.17, 15) is 9.90 Å². The minimum atomic E-state index is -0.954. The Morgan fingerprint density at radius 2 is 1.86 bits per heavy atom. The number of nitrogens with one attached hydrogen (secondary N) is 1. The monoisotopic (exact) mass is 498 g/mol. The van der Waals surface area contributed by atoms with Gasteiger partial charge in [-0.25, -0.2) is 4.79 Å². The molecule has 0 saturated carbocycles. The first-order chi connectivity index (χ1) is 17.3. The Morgan fingerprint density at radius 3 is 2.50 bits per heavy atom. The molecule has 1 aliphatic heterocycles. The number of carboxylic acids is 1. The van der Waals surface area contributed by atoms with E-state index in [0.717, 1.165) is 34.0 Å². The molecule has 3 heterocycles. The van der Waals surface area contributed by atoms with Crippen LogP contribution in [0.2, 0.25) is 0 Å². The van der Waals surface area contributed by atoms with Crippen LogP contribution >= 0.6 is 12.2 Å². The van der Waals surface area contributed by atoms with Gasteiger partial charge >= 0.3 is 5.97 Å². The van der Waals surface area contributed by atoms with Gasteiger partial charge in [0.2, 0.25) is 0 Å². The first-order valence-electron chi connectivity index (χ1n) is 11.6. The Bertz CT molecular complexity index is 1420. The van der Waals surface area contributed by atoms with Gasteiger partial charge in [-0.1, -0.05) is 12.1 Å². The Hall–Kier alpha value is -4.17. The maximum atomic E-state index is 11.4. The number of rotatable bonds is 6. The zero-order chi connectivity index (χ0) is 25.4. The third-order valence-corrected chi connectivity index (χ3v) is 6.71. The van der Waals surface area contributed by atoms with Crippen molar-refractivity contribution in [1.82, 2.24) is 10.3 Å². The first-order valence-corrected chi connectivity index (χ1v) is 12.0. The number of pyridine rings is 1. The van der Waals surface area contributed by atoms with Crippen molar-refractivity contribution >= 4 is 34.7 Å². The third-order valence-electron chi connectivity index (χ3n) is 6.40. The number of nitrogens with zero attached hydrogens (tertiary/aromatic N) is 3. The van der Waals surface area contributed by atoms with Crippen LogP contribution in [0.25, 0.3) is 11.3 Å². The van der Waals surface area contributed by atoms with Crippen LogP contribution in [0.3, 0.4) is 0 Å². The van der Waals surface area contributed by atoms with Gasteiger partial charge in [-0.15, -0.1) is 0 Å². The fourth-order valence-corrected chi connectivity index (χ4v) is 4.91. The molecule has 2 N–H and O–H groups in total. The number of furan rings is 1. The lowest BCUT2D eigenvalue weighted by atomic mass is 10.0. The van der Waals surface area contributed by atoms with Crippen molar-refractivity contribution in [2.75, 3.05) is 23.9 Å². The van der Waals surface area contributed by atoms with Crippen molar-refractivity contribution in [2.24, 2.45) is 0 Å². The molecule has 8 heteroatoms. The highest BCUT2D eigenvalue weighted by atomic mass is 32.1. The van der Waals surface area contributed by atoms with Crippen LogP contribution in [0.1, 0.15) is 39.5 Å². The summed E-state index contributed by atoms with van der Waals surface area (Å²) in [7, 11) is 4.01. The molecule has 0 bridgehead atoms. The minimum Gasteiger partial charge on any atom is -0.478 e. The fourth-order valence-electron chi connectivity index (χ4n) is 4.56. The maximum Gasteiger partial charge on any atom is 0.335 e. The molecule has 1 aliphatic rings. The molecule has 2 aromatic carbocycles. The van der Waals surface area contributed by atoms with Gasteiger partial charge in [-0.3, -0.25) is 4.98 Å². The topological polar surface area (TPSA) is 81.8 Å². The lowest BCUT2D eigenvalue weighted by Crippen LogP contribution is -2.29. The molecule has 1 saturated heterocycles. The summed E-state index contributed by atoms with van der Waals surface area (Å²) in [5.41, 5.74) is 4.81. The van der Waals surface area contributed by atoms with Crippen molar-refractivity contribution in [3.05, 3.63) is 102 Å². The molecule has 0 radical (unpaired) electrons. The molecule has 4 aromatic rings. The summed E-state index contributed by atoms with van der Waals surface area (Å²) in [5.74, 6) is 0.441. The van der Waals surface area contributed by atoms with E-state index in [1.807, 2.05) is 51.4 Å². The summed E-state index contributed by atoms with van der Waals surface area (Å²) < 4.78 is 6.42. The first kappa shape index (κ1) is 23.6. The van der Waals surface area contributed by atoms with Crippen LogP contribution in [0.5, 0.6) is 0 Å². The Morgan fingerprint density at radius 1 is 1.08 bits per heavy atom. The van der Waals surface area contributed by atoms with Gasteiger partial charge < -0.3 is 24.6 Å². The molecule has 0 aliphatic carbocycles. The zero-order valence-corrected chi connectivity index (χ0v) is 21.0. The standard InChI is InChI=1S/C28H26N4O3S/c1-17-16-18(27(33)34)7-12-21(17)23-13-14-24(35-23)26-25(22-6-4-5-15-29-22)30-28(36)32(26)20-10-8-19(9-11-20)31(2)3/h4-16,25-26H,1-3H3,(H,30,36)(H,33,34)/t25-,26+/m0/s1. The molecule has 0 spiro atoms. The molecular weight excluding hydrogens is 472 g/mol. The van der Waals surface area contributed by atoms with Gasteiger partial charge in [-0.2, -0.15) is 0 Å². The van der Waals surface area contributed by atoms with Gasteiger partial charge in [-0.05, 0) is 85.4 Å². The fraction of sp³-hybridized carbons (Fsp3) is 0.179. The highest BCUT2D eigenvalue weighted by Crippen LogP contribution is 2.43. The molecule has 7 nitrogen and oxygen atoms in total. The third kappa shape index (κ3) is 4.31. The quantitative estimate of drug-likeness (QED) is 0.333. The van der Waals surface area contributed by atoms with E-state index < -0.39 is 5.97 Å². The highest BCUT2D eigenvalue weighted by Gasteiger charge is 2.42. The SMILES string of the molecule is Cc1cc(C(=O)O)ccc1-c1ccc([C@@H]2[C@H](c3ccccn3)NC(=S)N2c2ccc(N(C)C)cc2)o1. The summed E-state index contributed by atoms with van der Waals surface area (Å²) >= 11 is 5.80. The van der Waals surface area contributed by atoms with Crippen LogP contribution < -0.4 is 15.1 Å². The van der Waals surface area contributed by atoms with E-state index in [1.54, 1.807) is 24.4 Å². The summed E-state index contributed by atoms with van der Waals surface area (Å²) in [4.78, 5) is 20.1. The summed E-state index contributed by atoms with van der Waals surface area (Å²) in [5, 5.41) is 13.3. The molecular formula is C28H26N4O3S. The van der Waals surface area contributed by atoms with E-state index in [0.29, 0.717) is 10.9 Å². The predicted molar refractivity (Wildman–Crippen MR) is 145 cm³/mol. The van der Waals surface area contributed by atoms with Crippen molar-refractivity contribution < 1.29 is 14.3 Å². The van der Waals surface area contributed by atoms with E-state index >= 15 is 0 Å². The summed E-state index contributed by atoms with van der Waals surface area (Å²) in [6.45, 7) is 1.88. The van der Waals surface area contributed by atoms with Gasteiger partial charge in [0.1, 0.15) is 17.6 Å². The normalized spacial score (nSPS) is 17.2. The molecule has 1 fully saturated rings. The van der Waals surface area contributed by atoms with Crippen molar-refractivity contribution in [1.29, 1.82) is 0 Å². The van der Waals surface area contributed by atoms with E-state index in [2.05, 4.69) is 44.4 Å². The second kappa shape index (κ2) is 9.47. The number of aromatic nitrogens is 1. The maximum absolute atomic E-state index is 11.4. The van der Waals surface area contributed by atoms with Gasteiger partial charge in [0.25, 0.3) is 0 Å². The van der Waals surface area contributed by atoms with Crippen LogP contribution in [0.15, 0.2) is 83.4 Å². The summed E-state index contributed by atoms with van der Waals surface area (Å²) in [6, 6.07) is 22.5. The van der Waals surface area contributed by atoms with Gasteiger partial charge in [0.15, 0.2) is 5.11 Å². The highest BCUT2D eigenvalue weighted by molar-refractivity contribution is 7.80. The van der Waals surface area contributed by atoms with Crippen molar-refractivity contribution in [3.63, 3.8) is 0 Å². The average Bonchev–Trinajstić information content (AvgIpc) is 3.49. The number of aryl methyl sites for hydroxylation is 1. The van der Waals surface area contributed by atoms with Crippen LogP contribution in [0, 0.1) is 6.92 Å². The number of hydrogen-bond acceptors (Lipinski definition) is 5. The van der Waals surface area contributed by atoms with E-state index in [4.69, 9.17) is 16.6 Å². The van der Waals surface area contributed by atoms with Gasteiger partial charge in [0, 0.05) is 37.2 Å². The van der Waals surface area contributed by atoms with Gasteiger partial charge in [0.05, 0.1) is 17.3 Å². The van der Waals surface area contributed by atoms with E-state index in [1.165, 1.54) is 0 Å². The number of carbonyl (C=O) groups is 1. The van der Waals surface area contributed by atoms with E-state index in [-0.39, 0.29) is 17.6 Å². The molecule has 2 aromatic heterocycles. The minimum absolute atomic E-state index is 0.221. The number of aromatic carboxylic acids is 1. The lowest BCUT2D eigenvalue weighted by molar-refractivity contribution is 0.0696. The van der Waals surface area contributed by atoms with Crippen LogP contribution in [-0.4, -0.2) is 35.3 Å². The zero-order valence-electron chi connectivity index (χ0n) is 20.2. The lowest BCUT2D eigenvalue weighted by Gasteiger charge is -2.26. The number of benzene rings is 2. The molecule has 0 unspecified atom stereocenters. The molecule has 0 amide bonds. The second-order valence-electron chi connectivity index (χ2n) is 8.94. The molecule has 36 heavy (non-hydrogen) atoms. The Kier molecular flexibility index (Phi) is 6.20. The smallest absolute Gasteiger partial charge is 0.335 e. The molecule has 182 valence electrons. The average molecular weight is 499 g/mol. The largest absolute Gasteiger partial charge is 0.478 e. The predicted octanol–water partition coefficient (Wildman–Crippen LogP) is 5.59. The summed E-state index contributed by atoms with van der Waals surface area (Å²) in [6.07, 6.45) is 1.77. The Labute approximate surface area is 215 Å². The molecule has 5 rings (SSSR count). The Balaban J connectivity index is 1.57. The number of carboxylic acid groups (broad SMARTS) is 1. The number of anilines is 2. The van der Waals surface area contributed by atoms with Crippen molar-refractivity contribution in [3.8, 4) is 11.3 Å².